The van der Waals surface area contributed by atoms with Crippen LogP contribution in [-0.2, 0) is 16.6 Å². The van der Waals surface area contributed by atoms with Crippen molar-refractivity contribution >= 4 is 15.7 Å². The van der Waals surface area contributed by atoms with Gasteiger partial charge in [-0.05, 0) is 43.2 Å². The van der Waals surface area contributed by atoms with Gasteiger partial charge in [0, 0.05) is 5.56 Å². The Hall–Kier alpha value is -2.59. The van der Waals surface area contributed by atoms with Gasteiger partial charge in [-0.25, -0.2) is 8.42 Å². The van der Waals surface area contributed by atoms with E-state index in [4.69, 9.17) is 0 Å². The maximum absolute atomic E-state index is 13.3. The third-order valence-corrected chi connectivity index (χ3v) is 6.42. The summed E-state index contributed by atoms with van der Waals surface area (Å²) in [7, 11) is -3.61. The minimum absolute atomic E-state index is 0.323. The maximum atomic E-state index is 13.3. The average molecular weight is 349 g/mol. The molecule has 3 nitrogen and oxygen atoms in total. The van der Waals surface area contributed by atoms with Gasteiger partial charge in [-0.3, -0.25) is 4.31 Å². The molecule has 4 heteroatoms. The molecule has 0 saturated heterocycles. The predicted molar refractivity (Wildman–Crippen MR) is 101 cm³/mol. The summed E-state index contributed by atoms with van der Waals surface area (Å²) in [5.74, 6) is 0. The van der Waals surface area contributed by atoms with Crippen molar-refractivity contribution in [2.24, 2.45) is 0 Å². The minimum atomic E-state index is -3.61. The van der Waals surface area contributed by atoms with E-state index in [2.05, 4.69) is 18.2 Å². The van der Waals surface area contributed by atoms with Gasteiger partial charge >= 0.3 is 0 Å². The molecule has 0 radical (unpaired) electrons. The van der Waals surface area contributed by atoms with E-state index < -0.39 is 10.0 Å². The highest BCUT2D eigenvalue weighted by atomic mass is 32.2. The number of para-hydroxylation sites is 1. The quantitative estimate of drug-likeness (QED) is 0.674. The van der Waals surface area contributed by atoms with E-state index in [1.165, 1.54) is 4.31 Å². The Balaban J connectivity index is 1.90. The summed E-state index contributed by atoms with van der Waals surface area (Å²) in [6.45, 7) is 4.33. The molecule has 0 bridgehead atoms. The molecule has 25 heavy (non-hydrogen) atoms. The van der Waals surface area contributed by atoms with E-state index in [-0.39, 0.29) is 0 Å². The van der Waals surface area contributed by atoms with Gasteiger partial charge in [-0.1, -0.05) is 59.7 Å². The summed E-state index contributed by atoms with van der Waals surface area (Å²) in [4.78, 5) is 0.323. The van der Waals surface area contributed by atoms with Crippen LogP contribution < -0.4 is 4.31 Å². The van der Waals surface area contributed by atoms with Gasteiger partial charge in [0.2, 0.25) is 0 Å². The van der Waals surface area contributed by atoms with Crippen LogP contribution in [0.2, 0.25) is 0 Å². The number of rotatable bonds is 2. The third kappa shape index (κ3) is 2.63. The molecule has 1 heterocycles. The highest BCUT2D eigenvalue weighted by Gasteiger charge is 2.31. The Morgan fingerprint density at radius 1 is 0.800 bits per heavy atom. The summed E-state index contributed by atoms with van der Waals surface area (Å²) < 4.78 is 28.1. The first-order valence-electron chi connectivity index (χ1n) is 8.25. The van der Waals surface area contributed by atoms with Crippen molar-refractivity contribution in [1.29, 1.82) is 0 Å². The monoisotopic (exact) mass is 349 g/mol. The molecule has 0 N–H and O–H groups in total. The van der Waals surface area contributed by atoms with Crippen LogP contribution in [0.15, 0.2) is 71.6 Å². The molecule has 3 aromatic rings. The van der Waals surface area contributed by atoms with E-state index in [0.29, 0.717) is 11.4 Å². The zero-order valence-corrected chi connectivity index (χ0v) is 15.0. The lowest BCUT2D eigenvalue weighted by molar-refractivity contribution is 0.590. The SMILES string of the molecule is Cc1ccc(S(=O)(=O)N2Cc3cc(C)ccc3-c3ccccc32)cc1. The van der Waals surface area contributed by atoms with E-state index in [9.17, 15) is 8.42 Å². The van der Waals surface area contributed by atoms with Gasteiger partial charge in [-0.2, -0.15) is 0 Å². The smallest absolute Gasteiger partial charge is 0.261 e. The fraction of sp³-hybridized carbons (Fsp3) is 0.143. The number of anilines is 1. The van der Waals surface area contributed by atoms with Gasteiger partial charge in [0.1, 0.15) is 0 Å². The molecule has 0 aliphatic carbocycles. The molecule has 1 aliphatic rings. The lowest BCUT2D eigenvalue weighted by Gasteiger charge is -2.32. The van der Waals surface area contributed by atoms with Crippen LogP contribution in [0.3, 0.4) is 0 Å². The molecular weight excluding hydrogens is 330 g/mol. The van der Waals surface area contributed by atoms with Crippen LogP contribution in [0.4, 0.5) is 5.69 Å². The lowest BCUT2D eigenvalue weighted by Crippen LogP contribution is -2.33. The summed E-state index contributed by atoms with van der Waals surface area (Å²) in [6.07, 6.45) is 0. The Bertz CT molecular complexity index is 1050. The minimum Gasteiger partial charge on any atom is -0.261 e. The third-order valence-electron chi connectivity index (χ3n) is 4.65. The molecule has 0 saturated carbocycles. The summed E-state index contributed by atoms with van der Waals surface area (Å²) >= 11 is 0. The summed E-state index contributed by atoms with van der Waals surface area (Å²) in [5, 5.41) is 0. The molecule has 0 spiro atoms. The standard InChI is InChI=1S/C21H19NO2S/c1-15-7-10-18(11-8-15)25(23,24)22-14-17-13-16(2)9-12-19(17)20-5-3-4-6-21(20)22/h3-13H,14H2,1-2H3. The lowest BCUT2D eigenvalue weighted by atomic mass is 9.93. The van der Waals surface area contributed by atoms with E-state index >= 15 is 0 Å². The largest absolute Gasteiger partial charge is 0.264 e. The first-order valence-corrected chi connectivity index (χ1v) is 9.69. The Kier molecular flexibility index (Phi) is 3.65. The van der Waals surface area contributed by atoms with Gasteiger partial charge in [0.05, 0.1) is 17.1 Å². The number of fused-ring (bicyclic) bond motifs is 3. The highest BCUT2D eigenvalue weighted by Crippen LogP contribution is 2.41. The molecule has 0 unspecified atom stereocenters. The molecular formula is C21H19NO2S. The van der Waals surface area contributed by atoms with Crippen molar-refractivity contribution in [3.05, 3.63) is 83.4 Å². The Labute approximate surface area is 148 Å². The maximum Gasteiger partial charge on any atom is 0.264 e. The fourth-order valence-corrected chi connectivity index (χ4v) is 4.79. The Morgan fingerprint density at radius 3 is 2.24 bits per heavy atom. The summed E-state index contributed by atoms with van der Waals surface area (Å²) in [6, 6.07) is 21.0. The van der Waals surface area contributed by atoms with Crippen molar-refractivity contribution in [3.8, 4) is 11.1 Å². The topological polar surface area (TPSA) is 37.4 Å². The molecule has 126 valence electrons. The van der Waals surface area contributed by atoms with Crippen LogP contribution in [0.5, 0.6) is 0 Å². The van der Waals surface area contributed by atoms with Crippen molar-refractivity contribution in [1.82, 2.24) is 0 Å². The van der Waals surface area contributed by atoms with Crippen molar-refractivity contribution in [2.75, 3.05) is 4.31 Å². The molecule has 0 atom stereocenters. The first-order chi connectivity index (χ1) is 12.0. The Morgan fingerprint density at radius 2 is 1.48 bits per heavy atom. The molecule has 0 fully saturated rings. The zero-order valence-electron chi connectivity index (χ0n) is 14.2. The van der Waals surface area contributed by atoms with E-state index in [1.807, 2.05) is 50.2 Å². The fourth-order valence-electron chi connectivity index (χ4n) is 3.33. The number of hydrogen-bond acceptors (Lipinski definition) is 2. The number of nitrogens with zero attached hydrogens (tertiary/aromatic N) is 1. The van der Waals surface area contributed by atoms with Gasteiger partial charge in [0.15, 0.2) is 0 Å². The molecule has 3 aromatic carbocycles. The molecule has 4 rings (SSSR count). The summed E-state index contributed by atoms with van der Waals surface area (Å²) in [5.41, 5.74) is 6.01. The van der Waals surface area contributed by atoms with E-state index in [0.717, 1.165) is 33.5 Å². The van der Waals surface area contributed by atoms with Crippen LogP contribution in [0.25, 0.3) is 11.1 Å². The van der Waals surface area contributed by atoms with Crippen LogP contribution >= 0.6 is 0 Å². The van der Waals surface area contributed by atoms with Crippen molar-refractivity contribution in [2.45, 2.75) is 25.3 Å². The number of hydrogen-bond donors (Lipinski definition) is 0. The second-order valence-corrected chi connectivity index (χ2v) is 8.36. The predicted octanol–water partition coefficient (Wildman–Crippen LogP) is 4.68. The second-order valence-electron chi connectivity index (χ2n) is 6.50. The molecule has 1 aliphatic heterocycles. The number of sulfonamides is 1. The molecule has 0 aromatic heterocycles. The van der Waals surface area contributed by atoms with Crippen LogP contribution in [-0.4, -0.2) is 8.42 Å². The van der Waals surface area contributed by atoms with Crippen LogP contribution in [0.1, 0.15) is 16.7 Å². The second kappa shape index (κ2) is 5.74. The van der Waals surface area contributed by atoms with Gasteiger partial charge < -0.3 is 0 Å². The average Bonchev–Trinajstić information content (AvgIpc) is 2.61. The first kappa shape index (κ1) is 15.9. The van der Waals surface area contributed by atoms with Crippen LogP contribution in [0, 0.1) is 13.8 Å². The van der Waals surface area contributed by atoms with Crippen molar-refractivity contribution < 1.29 is 8.42 Å². The normalized spacial score (nSPS) is 13.3. The van der Waals surface area contributed by atoms with Crippen molar-refractivity contribution in [3.63, 3.8) is 0 Å². The van der Waals surface area contributed by atoms with E-state index in [1.54, 1.807) is 12.1 Å². The van der Waals surface area contributed by atoms with Gasteiger partial charge in [0.25, 0.3) is 10.0 Å². The van der Waals surface area contributed by atoms with Gasteiger partial charge in [-0.15, -0.1) is 0 Å². The number of aryl methyl sites for hydroxylation is 2. The molecule has 0 amide bonds. The number of benzene rings is 3. The zero-order chi connectivity index (χ0) is 17.6. The highest BCUT2D eigenvalue weighted by molar-refractivity contribution is 7.92.